The Morgan fingerprint density at radius 1 is 1.10 bits per heavy atom. The number of hydrogen-bond donors (Lipinski definition) is 3. The van der Waals surface area contributed by atoms with Crippen molar-refractivity contribution in [2.75, 3.05) is 11.4 Å². The molecule has 2 aromatic carbocycles. The molecular weight excluding hydrogens is 380 g/mol. The molecular formula is C23H20N4O3. The molecule has 150 valence electrons. The molecule has 1 amide bonds. The van der Waals surface area contributed by atoms with Gasteiger partial charge in [-0.2, -0.15) is 0 Å². The molecule has 2 aromatic heterocycles. The topological polar surface area (TPSA) is 102 Å². The maximum atomic E-state index is 13.1. The molecule has 3 N–H and O–H groups in total. The van der Waals surface area contributed by atoms with Gasteiger partial charge in [-0.15, -0.1) is 0 Å². The van der Waals surface area contributed by atoms with E-state index in [0.717, 1.165) is 46.4 Å². The Bertz CT molecular complexity index is 1300. The summed E-state index contributed by atoms with van der Waals surface area (Å²) >= 11 is 0. The van der Waals surface area contributed by atoms with E-state index in [1.54, 1.807) is 4.90 Å². The van der Waals surface area contributed by atoms with Gasteiger partial charge in [0.15, 0.2) is 0 Å². The lowest BCUT2D eigenvalue weighted by atomic mass is 9.96. The van der Waals surface area contributed by atoms with Gasteiger partial charge in [-0.05, 0) is 55.7 Å². The Balaban J connectivity index is 1.56. The van der Waals surface area contributed by atoms with E-state index in [1.807, 2.05) is 31.3 Å². The first-order valence-electron chi connectivity index (χ1n) is 9.80. The minimum Gasteiger partial charge on any atom is -0.508 e. The van der Waals surface area contributed by atoms with Gasteiger partial charge in [-0.3, -0.25) is 4.79 Å². The summed E-state index contributed by atoms with van der Waals surface area (Å²) in [5, 5.41) is 20.6. The Morgan fingerprint density at radius 3 is 2.80 bits per heavy atom. The van der Waals surface area contributed by atoms with Gasteiger partial charge in [0.1, 0.15) is 23.0 Å². The van der Waals surface area contributed by atoms with Crippen molar-refractivity contribution in [3.63, 3.8) is 0 Å². The third-order valence-corrected chi connectivity index (χ3v) is 5.46. The number of H-pyrrole nitrogens is 1. The molecule has 0 saturated heterocycles. The van der Waals surface area contributed by atoms with Crippen LogP contribution in [0.5, 0.6) is 11.5 Å². The lowest BCUT2D eigenvalue weighted by Gasteiger charge is -2.30. The van der Waals surface area contributed by atoms with Gasteiger partial charge >= 0.3 is 0 Å². The summed E-state index contributed by atoms with van der Waals surface area (Å²) < 4.78 is 0. The van der Waals surface area contributed by atoms with Gasteiger partial charge in [0.05, 0.1) is 11.3 Å². The minimum absolute atomic E-state index is 0.0797. The van der Waals surface area contributed by atoms with Crippen molar-refractivity contribution in [3.05, 3.63) is 65.6 Å². The van der Waals surface area contributed by atoms with Gasteiger partial charge < -0.3 is 20.1 Å². The van der Waals surface area contributed by atoms with Crippen LogP contribution in [0.15, 0.2) is 48.7 Å². The number of benzene rings is 2. The Hall–Kier alpha value is -3.87. The predicted octanol–water partition coefficient (Wildman–Crippen LogP) is 3.94. The maximum absolute atomic E-state index is 13.1. The zero-order valence-electron chi connectivity index (χ0n) is 16.4. The first-order valence-corrected chi connectivity index (χ1v) is 9.80. The molecule has 3 heterocycles. The van der Waals surface area contributed by atoms with Crippen molar-refractivity contribution in [1.82, 2.24) is 15.0 Å². The average molecular weight is 400 g/mol. The number of rotatable bonds is 2. The number of fused-ring (bicyclic) bond motifs is 2. The molecule has 5 rings (SSSR count). The second kappa shape index (κ2) is 6.88. The maximum Gasteiger partial charge on any atom is 0.262 e. The minimum atomic E-state index is -0.285. The monoisotopic (exact) mass is 400 g/mol. The molecule has 1 aliphatic rings. The fraction of sp³-hybridized carbons (Fsp3) is 0.174. The van der Waals surface area contributed by atoms with E-state index < -0.39 is 0 Å². The van der Waals surface area contributed by atoms with Gasteiger partial charge in [0, 0.05) is 35.4 Å². The molecule has 4 aromatic rings. The highest BCUT2D eigenvalue weighted by atomic mass is 16.3. The van der Waals surface area contributed by atoms with Crippen LogP contribution < -0.4 is 4.90 Å². The van der Waals surface area contributed by atoms with Crippen LogP contribution in [0.1, 0.15) is 28.2 Å². The van der Waals surface area contributed by atoms with Crippen LogP contribution in [0.25, 0.3) is 22.3 Å². The fourth-order valence-electron chi connectivity index (χ4n) is 4.07. The number of aromatic nitrogens is 3. The van der Waals surface area contributed by atoms with Gasteiger partial charge in [0.2, 0.25) is 0 Å². The summed E-state index contributed by atoms with van der Waals surface area (Å²) in [6.45, 7) is 2.44. The van der Waals surface area contributed by atoms with Gasteiger partial charge in [-0.1, -0.05) is 6.07 Å². The summed E-state index contributed by atoms with van der Waals surface area (Å²) in [7, 11) is 0. The van der Waals surface area contributed by atoms with Crippen LogP contribution in [0, 0.1) is 6.92 Å². The molecule has 0 saturated carbocycles. The largest absolute Gasteiger partial charge is 0.508 e. The van der Waals surface area contributed by atoms with Crippen molar-refractivity contribution in [2.24, 2.45) is 0 Å². The molecule has 0 atom stereocenters. The zero-order valence-corrected chi connectivity index (χ0v) is 16.4. The van der Waals surface area contributed by atoms with Crippen LogP contribution in [-0.2, 0) is 6.42 Å². The SMILES string of the molecule is Cc1nc(-c2ccc3c(c2)CCCN3C(=O)c2ccc(O)cc2O)c2cc[nH]c2n1. The molecule has 0 bridgehead atoms. The number of aromatic amines is 1. The number of nitrogens with one attached hydrogen (secondary N) is 1. The van der Waals surface area contributed by atoms with E-state index >= 15 is 0 Å². The predicted molar refractivity (Wildman–Crippen MR) is 114 cm³/mol. The molecule has 0 fully saturated rings. The van der Waals surface area contributed by atoms with E-state index in [4.69, 9.17) is 0 Å². The number of carbonyl (C=O) groups is 1. The average Bonchev–Trinajstić information content (AvgIpc) is 3.20. The number of hydrogen-bond acceptors (Lipinski definition) is 5. The fourth-order valence-corrected chi connectivity index (χ4v) is 4.07. The molecule has 1 aliphatic heterocycles. The van der Waals surface area contributed by atoms with E-state index in [1.165, 1.54) is 18.2 Å². The second-order valence-electron chi connectivity index (χ2n) is 7.46. The number of carbonyl (C=O) groups excluding carboxylic acids is 1. The highest BCUT2D eigenvalue weighted by Gasteiger charge is 2.26. The second-order valence-corrected chi connectivity index (χ2v) is 7.46. The Morgan fingerprint density at radius 2 is 1.97 bits per heavy atom. The van der Waals surface area contributed by atoms with Crippen LogP contribution in [0.3, 0.4) is 0 Å². The highest BCUT2D eigenvalue weighted by molar-refractivity contribution is 6.08. The van der Waals surface area contributed by atoms with Crippen molar-refractivity contribution in [2.45, 2.75) is 19.8 Å². The van der Waals surface area contributed by atoms with Crippen molar-refractivity contribution in [3.8, 4) is 22.8 Å². The molecule has 7 nitrogen and oxygen atoms in total. The van der Waals surface area contributed by atoms with E-state index in [0.29, 0.717) is 12.4 Å². The molecule has 0 spiro atoms. The van der Waals surface area contributed by atoms with Crippen molar-refractivity contribution < 1.29 is 15.0 Å². The molecule has 7 heteroatoms. The van der Waals surface area contributed by atoms with Crippen molar-refractivity contribution >= 4 is 22.6 Å². The third kappa shape index (κ3) is 2.95. The van der Waals surface area contributed by atoms with Gasteiger partial charge in [-0.25, -0.2) is 9.97 Å². The third-order valence-electron chi connectivity index (χ3n) is 5.46. The Labute approximate surface area is 172 Å². The summed E-state index contributed by atoms with van der Waals surface area (Å²) in [6.07, 6.45) is 3.53. The summed E-state index contributed by atoms with van der Waals surface area (Å²) in [5.74, 6) is 0.100. The number of nitrogens with zero attached hydrogens (tertiary/aromatic N) is 3. The van der Waals surface area contributed by atoms with Crippen LogP contribution in [-0.4, -0.2) is 37.6 Å². The number of anilines is 1. The normalized spacial score (nSPS) is 13.4. The number of phenols is 2. The summed E-state index contributed by atoms with van der Waals surface area (Å²) in [4.78, 5) is 27.0. The van der Waals surface area contributed by atoms with E-state index in [9.17, 15) is 15.0 Å². The van der Waals surface area contributed by atoms with E-state index in [2.05, 4.69) is 21.0 Å². The standard InChI is InChI=1S/C23H20N4O3/c1-13-25-21(18-8-9-24-22(18)26-13)15-4-7-19-14(11-15)3-2-10-27(19)23(30)17-6-5-16(28)12-20(17)29/h4-9,11-12,28-29H,2-3,10H2,1H3,(H,24,25,26). The zero-order chi connectivity index (χ0) is 20.8. The van der Waals surface area contributed by atoms with Crippen LogP contribution >= 0.6 is 0 Å². The molecule has 0 unspecified atom stereocenters. The number of phenolic OH excluding ortho intramolecular Hbond substituents is 2. The highest BCUT2D eigenvalue weighted by Crippen LogP contribution is 2.35. The summed E-state index contributed by atoms with van der Waals surface area (Å²) in [6, 6.07) is 12.0. The van der Waals surface area contributed by atoms with Crippen LogP contribution in [0.2, 0.25) is 0 Å². The lowest BCUT2D eigenvalue weighted by Crippen LogP contribution is -2.35. The first kappa shape index (κ1) is 18.2. The number of amides is 1. The molecule has 0 aliphatic carbocycles. The van der Waals surface area contributed by atoms with E-state index in [-0.39, 0.29) is 23.0 Å². The van der Waals surface area contributed by atoms with Crippen molar-refractivity contribution in [1.29, 1.82) is 0 Å². The van der Waals surface area contributed by atoms with Crippen LogP contribution in [0.4, 0.5) is 5.69 Å². The quantitative estimate of drug-likeness (QED) is 0.473. The smallest absolute Gasteiger partial charge is 0.262 e. The molecule has 0 radical (unpaired) electrons. The Kier molecular flexibility index (Phi) is 4.17. The lowest BCUT2D eigenvalue weighted by molar-refractivity contribution is 0.0982. The first-order chi connectivity index (χ1) is 14.5. The summed E-state index contributed by atoms with van der Waals surface area (Å²) in [5.41, 5.74) is 4.70. The number of aromatic hydroxyl groups is 2. The number of aryl methyl sites for hydroxylation is 2. The van der Waals surface area contributed by atoms with Gasteiger partial charge in [0.25, 0.3) is 5.91 Å². The molecule has 30 heavy (non-hydrogen) atoms.